The Balaban J connectivity index is 2.06. The standard InChI is InChI=1S/C23H29NO7S/c1-23(2,3)30-22(26)24-15-19(21(25)29-16-18-8-6-5-7-9-18)14-17-10-12-20(13-11-17)31-32(4,27)28/h5-13,19H,14-16H2,1-4H3,(H,24,26). The zero-order chi connectivity index (χ0) is 23.8. The first kappa shape index (κ1) is 25.2. The lowest BCUT2D eigenvalue weighted by molar-refractivity contribution is -0.149. The highest BCUT2D eigenvalue weighted by Gasteiger charge is 2.24. The second-order valence-corrected chi connectivity index (χ2v) is 9.88. The van der Waals surface area contributed by atoms with Gasteiger partial charge in [-0.25, -0.2) is 4.79 Å². The lowest BCUT2D eigenvalue weighted by Crippen LogP contribution is -2.38. The van der Waals surface area contributed by atoms with Gasteiger partial charge in [-0.2, -0.15) is 8.42 Å². The summed E-state index contributed by atoms with van der Waals surface area (Å²) in [6.07, 6.45) is 0.597. The SMILES string of the molecule is CC(C)(C)OC(=O)NCC(Cc1ccc(OS(C)(=O)=O)cc1)C(=O)OCc1ccccc1. The number of carbonyl (C=O) groups is 2. The fourth-order valence-electron chi connectivity index (χ4n) is 2.75. The van der Waals surface area contributed by atoms with Crippen molar-refractivity contribution in [2.45, 2.75) is 39.4 Å². The molecule has 0 fully saturated rings. The van der Waals surface area contributed by atoms with Crippen LogP contribution in [0.15, 0.2) is 54.6 Å². The number of hydrogen-bond donors (Lipinski definition) is 1. The second-order valence-electron chi connectivity index (χ2n) is 8.31. The Morgan fingerprint density at radius 3 is 2.16 bits per heavy atom. The number of rotatable bonds is 9. The lowest BCUT2D eigenvalue weighted by atomic mass is 9.99. The summed E-state index contributed by atoms with van der Waals surface area (Å²) in [5.74, 6) is -0.972. The van der Waals surface area contributed by atoms with E-state index in [9.17, 15) is 18.0 Å². The van der Waals surface area contributed by atoms with Crippen molar-refractivity contribution >= 4 is 22.2 Å². The summed E-state index contributed by atoms with van der Waals surface area (Å²) < 4.78 is 38.0. The van der Waals surface area contributed by atoms with Gasteiger partial charge in [0, 0.05) is 6.54 Å². The number of benzene rings is 2. The van der Waals surface area contributed by atoms with E-state index >= 15 is 0 Å². The smallest absolute Gasteiger partial charge is 0.407 e. The molecular weight excluding hydrogens is 434 g/mol. The Morgan fingerprint density at radius 1 is 0.969 bits per heavy atom. The van der Waals surface area contributed by atoms with Gasteiger partial charge >= 0.3 is 22.2 Å². The van der Waals surface area contributed by atoms with E-state index < -0.39 is 33.7 Å². The van der Waals surface area contributed by atoms with Crippen molar-refractivity contribution in [2.75, 3.05) is 12.8 Å². The van der Waals surface area contributed by atoms with Crippen LogP contribution in [0.5, 0.6) is 5.75 Å². The molecule has 8 nitrogen and oxygen atoms in total. The van der Waals surface area contributed by atoms with E-state index in [1.165, 1.54) is 12.1 Å². The average Bonchev–Trinajstić information content (AvgIpc) is 2.69. The minimum absolute atomic E-state index is 0.0180. The molecule has 2 aromatic rings. The molecule has 1 atom stereocenters. The van der Waals surface area contributed by atoms with Crippen molar-refractivity contribution in [3.05, 3.63) is 65.7 Å². The first-order chi connectivity index (χ1) is 14.9. The Hall–Kier alpha value is -3.07. The summed E-state index contributed by atoms with van der Waals surface area (Å²) in [5.41, 5.74) is 0.934. The summed E-state index contributed by atoms with van der Waals surface area (Å²) in [6, 6.07) is 15.6. The first-order valence-corrected chi connectivity index (χ1v) is 11.9. The predicted molar refractivity (Wildman–Crippen MR) is 120 cm³/mol. The largest absolute Gasteiger partial charge is 0.461 e. The zero-order valence-electron chi connectivity index (χ0n) is 18.7. The highest BCUT2D eigenvalue weighted by Crippen LogP contribution is 2.18. The van der Waals surface area contributed by atoms with Crippen molar-refractivity contribution in [2.24, 2.45) is 5.92 Å². The summed E-state index contributed by atoms with van der Waals surface area (Å²) >= 11 is 0. The van der Waals surface area contributed by atoms with Crippen LogP contribution >= 0.6 is 0 Å². The van der Waals surface area contributed by atoms with Crippen molar-refractivity contribution in [3.63, 3.8) is 0 Å². The fourth-order valence-corrected chi connectivity index (χ4v) is 3.21. The number of hydrogen-bond acceptors (Lipinski definition) is 7. The monoisotopic (exact) mass is 463 g/mol. The third kappa shape index (κ3) is 9.82. The summed E-state index contributed by atoms with van der Waals surface area (Å²) in [5, 5.41) is 2.62. The Morgan fingerprint density at radius 2 is 1.59 bits per heavy atom. The zero-order valence-corrected chi connectivity index (χ0v) is 19.5. The van der Waals surface area contributed by atoms with E-state index in [4.69, 9.17) is 13.7 Å². The van der Waals surface area contributed by atoms with Crippen LogP contribution in [-0.4, -0.2) is 38.9 Å². The second kappa shape index (κ2) is 11.0. The van der Waals surface area contributed by atoms with Gasteiger partial charge in [0.1, 0.15) is 18.0 Å². The van der Waals surface area contributed by atoms with Gasteiger partial charge in [0.15, 0.2) is 0 Å². The molecule has 0 radical (unpaired) electrons. The van der Waals surface area contributed by atoms with Crippen LogP contribution in [0.3, 0.4) is 0 Å². The molecule has 1 unspecified atom stereocenters. The predicted octanol–water partition coefficient (Wildman–Crippen LogP) is 3.45. The van der Waals surface area contributed by atoms with Gasteiger partial charge in [0.2, 0.25) is 0 Å². The molecule has 32 heavy (non-hydrogen) atoms. The van der Waals surface area contributed by atoms with E-state index in [2.05, 4.69) is 5.32 Å². The van der Waals surface area contributed by atoms with Crippen LogP contribution < -0.4 is 9.50 Å². The highest BCUT2D eigenvalue weighted by molar-refractivity contribution is 7.86. The van der Waals surface area contributed by atoms with Crippen LogP contribution in [0.25, 0.3) is 0 Å². The molecule has 0 aliphatic rings. The van der Waals surface area contributed by atoms with Gasteiger partial charge in [-0.15, -0.1) is 0 Å². The van der Waals surface area contributed by atoms with Gasteiger partial charge in [-0.3, -0.25) is 4.79 Å². The molecule has 0 spiro atoms. The van der Waals surface area contributed by atoms with Crippen molar-refractivity contribution in [3.8, 4) is 5.75 Å². The van der Waals surface area contributed by atoms with E-state index in [0.29, 0.717) is 0 Å². The molecule has 9 heteroatoms. The molecule has 0 aliphatic carbocycles. The number of amides is 1. The van der Waals surface area contributed by atoms with Gasteiger partial charge < -0.3 is 19.0 Å². The van der Waals surface area contributed by atoms with E-state index in [0.717, 1.165) is 17.4 Å². The van der Waals surface area contributed by atoms with Crippen molar-refractivity contribution < 1.29 is 31.7 Å². The molecule has 0 aliphatic heterocycles. The number of esters is 1. The third-order valence-electron chi connectivity index (χ3n) is 4.10. The van der Waals surface area contributed by atoms with Crippen LogP contribution in [0.2, 0.25) is 0 Å². The molecule has 0 bridgehead atoms. The first-order valence-electron chi connectivity index (χ1n) is 10.1. The van der Waals surface area contributed by atoms with E-state index in [1.807, 2.05) is 30.3 Å². The molecule has 0 saturated heterocycles. The molecule has 2 rings (SSSR count). The van der Waals surface area contributed by atoms with Crippen molar-refractivity contribution in [1.29, 1.82) is 0 Å². The maximum atomic E-state index is 12.8. The van der Waals surface area contributed by atoms with E-state index in [-0.39, 0.29) is 25.3 Å². The van der Waals surface area contributed by atoms with Crippen LogP contribution in [0, 0.1) is 5.92 Å². The fraction of sp³-hybridized carbons (Fsp3) is 0.391. The molecule has 174 valence electrons. The van der Waals surface area contributed by atoms with Gasteiger partial charge in [-0.05, 0) is 50.5 Å². The van der Waals surface area contributed by atoms with Gasteiger partial charge in [-0.1, -0.05) is 42.5 Å². The molecule has 0 aromatic heterocycles. The van der Waals surface area contributed by atoms with Crippen LogP contribution in [0.1, 0.15) is 31.9 Å². The number of carbonyl (C=O) groups excluding carboxylic acids is 2. The molecule has 1 amide bonds. The Bertz CT molecular complexity index is 997. The summed E-state index contributed by atoms with van der Waals surface area (Å²) in [6.45, 7) is 5.38. The molecule has 2 aromatic carbocycles. The third-order valence-corrected chi connectivity index (χ3v) is 4.60. The van der Waals surface area contributed by atoms with Gasteiger partial charge in [0.25, 0.3) is 0 Å². The maximum Gasteiger partial charge on any atom is 0.407 e. The van der Waals surface area contributed by atoms with Crippen molar-refractivity contribution in [1.82, 2.24) is 5.32 Å². The van der Waals surface area contributed by atoms with Crippen LogP contribution in [0.4, 0.5) is 4.79 Å². The summed E-state index contributed by atoms with van der Waals surface area (Å²) in [7, 11) is -3.63. The summed E-state index contributed by atoms with van der Waals surface area (Å²) in [4.78, 5) is 24.8. The minimum atomic E-state index is -3.63. The highest BCUT2D eigenvalue weighted by atomic mass is 32.2. The van der Waals surface area contributed by atoms with Crippen LogP contribution in [-0.2, 0) is 37.4 Å². The number of alkyl carbamates (subject to hydrolysis) is 1. The molecule has 0 heterocycles. The number of ether oxygens (including phenoxy) is 2. The molecule has 1 N–H and O–H groups in total. The Kier molecular flexibility index (Phi) is 8.65. The van der Waals surface area contributed by atoms with Gasteiger partial charge in [0.05, 0.1) is 12.2 Å². The average molecular weight is 464 g/mol. The molecular formula is C23H29NO7S. The maximum absolute atomic E-state index is 12.8. The number of nitrogens with one attached hydrogen (secondary N) is 1. The topological polar surface area (TPSA) is 108 Å². The lowest BCUT2D eigenvalue weighted by Gasteiger charge is -2.21. The quantitative estimate of drug-likeness (QED) is 0.448. The molecule has 0 saturated carbocycles. The normalized spacial score (nSPS) is 12.5. The minimum Gasteiger partial charge on any atom is -0.461 e. The van der Waals surface area contributed by atoms with E-state index in [1.54, 1.807) is 32.9 Å². The Labute approximate surface area is 189 Å².